The molecule has 0 N–H and O–H groups in total. The van der Waals surface area contributed by atoms with Crippen LogP contribution in [0.25, 0.3) is 11.0 Å². The summed E-state index contributed by atoms with van der Waals surface area (Å²) < 4.78 is 12.9. The van der Waals surface area contributed by atoms with Crippen molar-refractivity contribution in [2.24, 2.45) is 5.92 Å². The van der Waals surface area contributed by atoms with Crippen LogP contribution < -0.4 is 4.90 Å². The second-order valence-corrected chi connectivity index (χ2v) is 7.16. The van der Waals surface area contributed by atoms with Crippen molar-refractivity contribution in [2.45, 2.75) is 39.2 Å². The fourth-order valence-corrected chi connectivity index (χ4v) is 3.99. The molecule has 1 aromatic carbocycles. The quantitative estimate of drug-likeness (QED) is 0.344. The van der Waals surface area contributed by atoms with Crippen molar-refractivity contribution in [3.63, 3.8) is 0 Å². The van der Waals surface area contributed by atoms with Crippen LogP contribution in [-0.2, 0) is 14.3 Å². The van der Waals surface area contributed by atoms with Crippen LogP contribution in [0, 0.1) is 5.92 Å². The van der Waals surface area contributed by atoms with Crippen molar-refractivity contribution in [1.82, 2.24) is 9.55 Å². The minimum atomic E-state index is -1.02. The number of para-hydroxylation sites is 2. The first kappa shape index (κ1) is 19.2. The van der Waals surface area contributed by atoms with Gasteiger partial charge in [0.2, 0.25) is 11.9 Å². The zero-order valence-corrected chi connectivity index (χ0v) is 16.7. The third-order valence-corrected chi connectivity index (χ3v) is 5.31. The number of ether oxygens (including phenoxy) is 1. The highest BCUT2D eigenvalue weighted by molar-refractivity contribution is 6.08. The molecule has 1 aliphatic heterocycles. The number of fused-ring (bicyclic) bond motifs is 3. The lowest BCUT2D eigenvalue weighted by atomic mass is 9.93. The summed E-state index contributed by atoms with van der Waals surface area (Å²) in [6.07, 6.45) is 4.42. The third-order valence-electron chi connectivity index (χ3n) is 5.31. The zero-order chi connectivity index (χ0) is 20.4. The number of hydrogen-bond donors (Lipinski definition) is 0. The van der Waals surface area contributed by atoms with Crippen molar-refractivity contribution in [3.05, 3.63) is 48.4 Å². The molecule has 0 aliphatic carbocycles. The lowest BCUT2D eigenvalue weighted by Crippen LogP contribution is -2.50. The number of hydrogen-bond acceptors (Lipinski definition) is 5. The Labute approximate surface area is 169 Å². The summed E-state index contributed by atoms with van der Waals surface area (Å²) in [7, 11) is 0. The average molecular weight is 395 g/mol. The number of furan rings is 1. The van der Waals surface area contributed by atoms with Crippen molar-refractivity contribution >= 4 is 28.9 Å². The van der Waals surface area contributed by atoms with Crippen LogP contribution in [0.3, 0.4) is 0 Å². The molecule has 3 heterocycles. The summed E-state index contributed by atoms with van der Waals surface area (Å²) >= 11 is 0. The van der Waals surface area contributed by atoms with Crippen LogP contribution in [0.15, 0.2) is 47.1 Å². The van der Waals surface area contributed by atoms with E-state index < -0.39 is 17.9 Å². The lowest BCUT2D eigenvalue weighted by molar-refractivity contribution is -0.153. The summed E-state index contributed by atoms with van der Waals surface area (Å²) in [5.74, 6) is -0.761. The van der Waals surface area contributed by atoms with Crippen LogP contribution in [-0.4, -0.2) is 34.6 Å². The predicted molar refractivity (Wildman–Crippen MR) is 109 cm³/mol. The second-order valence-electron chi connectivity index (χ2n) is 7.16. The van der Waals surface area contributed by atoms with E-state index in [1.807, 2.05) is 28.8 Å². The number of amides is 1. The van der Waals surface area contributed by atoms with Gasteiger partial charge in [-0.05, 0) is 37.6 Å². The molecule has 2 aromatic heterocycles. The lowest BCUT2D eigenvalue weighted by Gasteiger charge is -2.36. The molecular formula is C22H25N3O4. The van der Waals surface area contributed by atoms with E-state index in [-0.39, 0.29) is 12.5 Å². The summed E-state index contributed by atoms with van der Waals surface area (Å²) in [6, 6.07) is 10.6. The molecule has 0 radical (unpaired) electrons. The molecule has 2 atom stereocenters. The Kier molecular flexibility index (Phi) is 5.38. The molecule has 1 amide bonds. The first-order chi connectivity index (χ1) is 14.2. The molecule has 0 saturated carbocycles. The molecule has 0 bridgehead atoms. The molecular weight excluding hydrogens is 370 g/mol. The van der Waals surface area contributed by atoms with Crippen LogP contribution >= 0.6 is 0 Å². The standard InChI is InChI=1S/C22H25N3O4/c1-3-5-8-13-24-20(26)18(21(27)28-4-2)19(17-12-9-14-29-17)25-16-11-7-6-10-15(16)23-22(24)25/h6-7,9-12,14,18-19H,3-5,8,13H2,1-2H3/t18-,19-/m0/s1. The van der Waals surface area contributed by atoms with E-state index in [9.17, 15) is 9.59 Å². The van der Waals surface area contributed by atoms with Gasteiger partial charge in [0.25, 0.3) is 0 Å². The summed E-state index contributed by atoms with van der Waals surface area (Å²) in [5, 5.41) is 0. The van der Waals surface area contributed by atoms with Gasteiger partial charge in [0.05, 0.1) is 23.9 Å². The van der Waals surface area contributed by atoms with Gasteiger partial charge in [0, 0.05) is 6.54 Å². The van der Waals surface area contributed by atoms with Gasteiger partial charge in [0.15, 0.2) is 5.92 Å². The van der Waals surface area contributed by atoms with E-state index in [1.54, 1.807) is 30.2 Å². The van der Waals surface area contributed by atoms with Gasteiger partial charge in [-0.1, -0.05) is 31.9 Å². The number of benzene rings is 1. The van der Waals surface area contributed by atoms with Gasteiger partial charge in [-0.2, -0.15) is 0 Å². The Morgan fingerprint density at radius 1 is 1.17 bits per heavy atom. The summed E-state index contributed by atoms with van der Waals surface area (Å²) in [4.78, 5) is 32.8. The second kappa shape index (κ2) is 8.11. The van der Waals surface area contributed by atoms with Gasteiger partial charge in [-0.25, -0.2) is 4.98 Å². The first-order valence-corrected chi connectivity index (χ1v) is 10.2. The first-order valence-electron chi connectivity index (χ1n) is 10.2. The number of aromatic nitrogens is 2. The molecule has 1 aliphatic rings. The number of carbonyl (C=O) groups excluding carboxylic acids is 2. The zero-order valence-electron chi connectivity index (χ0n) is 16.7. The fraction of sp³-hybridized carbons (Fsp3) is 0.409. The minimum Gasteiger partial charge on any atom is -0.467 e. The van der Waals surface area contributed by atoms with Crippen LogP contribution in [0.1, 0.15) is 44.9 Å². The molecule has 0 saturated heterocycles. The maximum atomic E-state index is 13.5. The van der Waals surface area contributed by atoms with E-state index in [0.29, 0.717) is 18.3 Å². The average Bonchev–Trinajstić information content (AvgIpc) is 3.37. The number of anilines is 1. The number of carbonyl (C=O) groups is 2. The summed E-state index contributed by atoms with van der Waals surface area (Å²) in [5.41, 5.74) is 1.63. The Morgan fingerprint density at radius 3 is 2.72 bits per heavy atom. The number of esters is 1. The van der Waals surface area contributed by atoms with Gasteiger partial charge in [-0.3, -0.25) is 19.1 Å². The topological polar surface area (TPSA) is 77.6 Å². The van der Waals surface area contributed by atoms with Gasteiger partial charge in [-0.15, -0.1) is 0 Å². The maximum absolute atomic E-state index is 13.5. The highest BCUT2D eigenvalue weighted by Gasteiger charge is 2.48. The fourth-order valence-electron chi connectivity index (χ4n) is 3.99. The molecule has 29 heavy (non-hydrogen) atoms. The SMILES string of the molecule is CCCCCN1C(=O)[C@@H](C(=O)OCC)[C@H](c2ccco2)n2c1nc1ccccc12. The van der Waals surface area contributed by atoms with Crippen LogP contribution in [0.4, 0.5) is 5.95 Å². The Balaban J connectivity index is 1.91. The van der Waals surface area contributed by atoms with Crippen molar-refractivity contribution in [1.29, 1.82) is 0 Å². The highest BCUT2D eigenvalue weighted by atomic mass is 16.5. The van der Waals surface area contributed by atoms with Crippen molar-refractivity contribution in [2.75, 3.05) is 18.1 Å². The van der Waals surface area contributed by atoms with E-state index in [4.69, 9.17) is 14.1 Å². The number of imidazole rings is 1. The minimum absolute atomic E-state index is 0.209. The van der Waals surface area contributed by atoms with Crippen molar-refractivity contribution in [3.8, 4) is 0 Å². The molecule has 0 unspecified atom stereocenters. The molecule has 7 heteroatoms. The van der Waals surface area contributed by atoms with E-state index in [0.717, 1.165) is 30.3 Å². The Hall–Kier alpha value is -3.09. The molecule has 152 valence electrons. The van der Waals surface area contributed by atoms with E-state index >= 15 is 0 Å². The van der Waals surface area contributed by atoms with E-state index in [1.165, 1.54) is 0 Å². The number of unbranched alkanes of at least 4 members (excludes halogenated alkanes) is 2. The normalized spacial score (nSPS) is 18.8. The largest absolute Gasteiger partial charge is 0.467 e. The van der Waals surface area contributed by atoms with Crippen LogP contribution in [0.2, 0.25) is 0 Å². The van der Waals surface area contributed by atoms with Gasteiger partial charge < -0.3 is 9.15 Å². The molecule has 0 spiro atoms. The smallest absolute Gasteiger partial charge is 0.321 e. The third kappa shape index (κ3) is 3.30. The highest BCUT2D eigenvalue weighted by Crippen LogP contribution is 2.41. The van der Waals surface area contributed by atoms with Gasteiger partial charge in [0.1, 0.15) is 11.8 Å². The van der Waals surface area contributed by atoms with Crippen molar-refractivity contribution < 1.29 is 18.7 Å². The predicted octanol–water partition coefficient (Wildman–Crippen LogP) is 3.93. The molecule has 3 aromatic rings. The Morgan fingerprint density at radius 2 is 2.00 bits per heavy atom. The van der Waals surface area contributed by atoms with Gasteiger partial charge >= 0.3 is 5.97 Å². The molecule has 7 nitrogen and oxygen atoms in total. The molecule has 0 fully saturated rings. The number of nitrogens with zero attached hydrogens (tertiary/aromatic N) is 3. The van der Waals surface area contributed by atoms with E-state index in [2.05, 4.69) is 6.92 Å². The summed E-state index contributed by atoms with van der Waals surface area (Å²) in [6.45, 7) is 4.57. The number of rotatable bonds is 7. The monoisotopic (exact) mass is 395 g/mol. The van der Waals surface area contributed by atoms with Crippen LogP contribution in [0.5, 0.6) is 0 Å². The maximum Gasteiger partial charge on any atom is 0.321 e. The molecule has 4 rings (SSSR count). The Bertz CT molecular complexity index is 1010.